The molecule has 1 aliphatic rings. The van der Waals surface area contributed by atoms with Crippen molar-refractivity contribution in [1.82, 2.24) is 9.88 Å². The van der Waals surface area contributed by atoms with Crippen LogP contribution >= 0.6 is 0 Å². The van der Waals surface area contributed by atoms with Gasteiger partial charge < -0.3 is 10.1 Å². The summed E-state index contributed by atoms with van der Waals surface area (Å²) >= 11 is 0. The Bertz CT molecular complexity index is 1170. The predicted octanol–water partition coefficient (Wildman–Crippen LogP) is 4.47. The van der Waals surface area contributed by atoms with Gasteiger partial charge in [0.2, 0.25) is 0 Å². The van der Waals surface area contributed by atoms with Crippen molar-refractivity contribution in [2.75, 3.05) is 25.1 Å². The Kier molecular flexibility index (Phi) is 7.62. The maximum atomic E-state index is 13.0. The molecule has 2 amide bonds. The fourth-order valence-corrected chi connectivity index (χ4v) is 3.36. The van der Waals surface area contributed by atoms with Crippen molar-refractivity contribution in [3.8, 4) is 0 Å². The summed E-state index contributed by atoms with van der Waals surface area (Å²) in [5, 5.41) is 2.59. The number of hydrogen-bond acceptors (Lipinski definition) is 5. The molecule has 0 spiro atoms. The van der Waals surface area contributed by atoms with Crippen LogP contribution in [0, 0.1) is 6.92 Å². The average Bonchev–Trinajstić information content (AvgIpc) is 2.81. The van der Waals surface area contributed by atoms with E-state index in [0.29, 0.717) is 41.5 Å². The van der Waals surface area contributed by atoms with E-state index >= 15 is 0 Å². The van der Waals surface area contributed by atoms with E-state index in [2.05, 4.69) is 22.0 Å². The summed E-state index contributed by atoms with van der Waals surface area (Å²) < 4.78 is 44.1. The fraction of sp³-hybridized carbons (Fsp3) is 0.250. The third kappa shape index (κ3) is 5.76. The van der Waals surface area contributed by atoms with Crippen LogP contribution in [-0.4, -0.2) is 48.2 Å². The van der Waals surface area contributed by atoms with E-state index in [4.69, 9.17) is 4.74 Å². The molecule has 178 valence electrons. The third-order valence-electron chi connectivity index (χ3n) is 5.13. The highest BCUT2D eigenvalue weighted by Crippen LogP contribution is 2.30. The molecule has 2 heterocycles. The van der Waals surface area contributed by atoms with E-state index in [-0.39, 0.29) is 18.1 Å². The summed E-state index contributed by atoms with van der Waals surface area (Å²) in [6.07, 6.45) is 0.331. The van der Waals surface area contributed by atoms with Gasteiger partial charge >= 0.3 is 6.18 Å². The molecule has 1 fully saturated rings. The van der Waals surface area contributed by atoms with Gasteiger partial charge in [-0.1, -0.05) is 12.1 Å². The van der Waals surface area contributed by atoms with E-state index in [9.17, 15) is 22.8 Å². The summed E-state index contributed by atoms with van der Waals surface area (Å²) in [5.74, 6) is -0.593. The molecule has 0 atom stereocenters. The van der Waals surface area contributed by atoms with Crippen LogP contribution in [-0.2, 0) is 15.7 Å². The number of anilines is 1. The number of aryl methyl sites for hydroxylation is 1. The van der Waals surface area contributed by atoms with E-state index in [1.165, 1.54) is 23.2 Å². The van der Waals surface area contributed by atoms with Crippen LogP contribution in [0.25, 0.3) is 5.57 Å². The molecule has 0 saturated carbocycles. The summed E-state index contributed by atoms with van der Waals surface area (Å²) in [6.45, 7) is 7.79. The van der Waals surface area contributed by atoms with Gasteiger partial charge in [-0.05, 0) is 56.5 Å². The molecule has 1 saturated heterocycles. The second kappa shape index (κ2) is 10.4. The number of pyridine rings is 1. The number of nitrogens with zero attached hydrogens (tertiary/aromatic N) is 3. The Morgan fingerprint density at radius 3 is 2.74 bits per heavy atom. The van der Waals surface area contributed by atoms with Crippen molar-refractivity contribution in [3.63, 3.8) is 0 Å². The lowest BCUT2D eigenvalue weighted by Crippen LogP contribution is -2.40. The molecule has 0 aliphatic carbocycles. The van der Waals surface area contributed by atoms with Gasteiger partial charge in [0.15, 0.2) is 0 Å². The first-order chi connectivity index (χ1) is 16.1. The number of ether oxygens (including phenoxy) is 1. The van der Waals surface area contributed by atoms with Crippen molar-refractivity contribution in [3.05, 3.63) is 76.9 Å². The zero-order valence-electron chi connectivity index (χ0n) is 18.6. The number of aliphatic imine (C=N–C) groups is 1. The molecular formula is C24H23F3N4O3. The van der Waals surface area contributed by atoms with Gasteiger partial charge in [0.05, 0.1) is 30.6 Å². The molecule has 0 radical (unpaired) electrons. The van der Waals surface area contributed by atoms with Crippen LogP contribution in [0.5, 0.6) is 0 Å². The molecule has 34 heavy (non-hydrogen) atoms. The first kappa shape index (κ1) is 24.8. The van der Waals surface area contributed by atoms with Crippen LogP contribution in [0.15, 0.2) is 59.5 Å². The molecule has 3 rings (SSSR count). The molecule has 10 heteroatoms. The minimum absolute atomic E-state index is 0.0460. The second-order valence-electron chi connectivity index (χ2n) is 7.39. The average molecular weight is 472 g/mol. The first-order valence-corrected chi connectivity index (χ1v) is 10.3. The number of benzene rings is 1. The van der Waals surface area contributed by atoms with Gasteiger partial charge in [0, 0.05) is 16.8 Å². The number of allylic oxidation sites excluding steroid dienone is 3. The lowest BCUT2D eigenvalue weighted by Gasteiger charge is -2.27. The number of amides is 2. The number of carbonyl (C=O) groups is 2. The third-order valence-corrected chi connectivity index (χ3v) is 5.13. The lowest BCUT2D eigenvalue weighted by molar-refractivity contribution is -0.140. The number of halogens is 3. The molecular weight excluding hydrogens is 449 g/mol. The highest BCUT2D eigenvalue weighted by Gasteiger charge is 2.31. The Morgan fingerprint density at radius 2 is 2.09 bits per heavy atom. The van der Waals surface area contributed by atoms with Crippen LogP contribution in [0.2, 0.25) is 0 Å². The number of alkyl halides is 3. The minimum Gasteiger partial charge on any atom is -0.370 e. The zero-order chi connectivity index (χ0) is 24.9. The molecule has 0 unspecified atom stereocenters. The number of hydrogen-bond donors (Lipinski definition) is 1. The van der Waals surface area contributed by atoms with E-state index in [1.807, 2.05) is 0 Å². The quantitative estimate of drug-likeness (QED) is 0.497. The normalized spacial score (nSPS) is 15.3. The summed E-state index contributed by atoms with van der Waals surface area (Å²) in [4.78, 5) is 34.5. The van der Waals surface area contributed by atoms with Crippen molar-refractivity contribution >= 4 is 29.8 Å². The van der Waals surface area contributed by atoms with Gasteiger partial charge in [-0.3, -0.25) is 19.5 Å². The predicted molar refractivity (Wildman–Crippen MR) is 122 cm³/mol. The van der Waals surface area contributed by atoms with Gasteiger partial charge in [0.25, 0.3) is 11.8 Å². The Balaban J connectivity index is 1.88. The van der Waals surface area contributed by atoms with Gasteiger partial charge in [0.1, 0.15) is 12.4 Å². The van der Waals surface area contributed by atoms with Crippen molar-refractivity contribution in [2.24, 2.45) is 4.99 Å². The highest BCUT2D eigenvalue weighted by atomic mass is 19.4. The number of nitrogens with one attached hydrogen (secondary N) is 1. The smallest absolute Gasteiger partial charge is 0.370 e. The number of morpholine rings is 1. The first-order valence-electron chi connectivity index (χ1n) is 10.3. The Hall–Kier alpha value is -3.79. The van der Waals surface area contributed by atoms with E-state index in [1.54, 1.807) is 32.1 Å². The SMILES string of the molecule is C=N/C(=C\C(=C/C)c1cc(NC(=O)c2cccc(C(F)(F)F)c2)cnc1C)N1CCOCC1=O. The topological polar surface area (TPSA) is 83.9 Å². The zero-order valence-corrected chi connectivity index (χ0v) is 18.6. The van der Waals surface area contributed by atoms with Gasteiger partial charge in [-0.25, -0.2) is 4.99 Å². The molecule has 1 aliphatic heterocycles. The molecule has 2 aromatic rings. The number of rotatable bonds is 6. The Morgan fingerprint density at radius 1 is 1.32 bits per heavy atom. The van der Waals surface area contributed by atoms with E-state index < -0.39 is 17.6 Å². The molecule has 1 aromatic carbocycles. The maximum Gasteiger partial charge on any atom is 0.416 e. The Labute approximate surface area is 194 Å². The van der Waals surface area contributed by atoms with Crippen LogP contribution in [0.3, 0.4) is 0 Å². The van der Waals surface area contributed by atoms with Gasteiger partial charge in [-0.2, -0.15) is 13.2 Å². The standard InChI is InChI=1S/C24H23F3N4O3/c1-4-16(11-21(28-3)31-8-9-34-14-22(31)32)20-12-19(13-29-15(20)2)30-23(33)17-6-5-7-18(10-17)24(25,26)27/h4-7,10-13H,3,8-9,14H2,1-2H3,(H,30,33)/b16-4+,21-11+. The van der Waals surface area contributed by atoms with Gasteiger partial charge in [-0.15, -0.1) is 0 Å². The maximum absolute atomic E-state index is 13.0. The monoisotopic (exact) mass is 472 g/mol. The summed E-state index contributed by atoms with van der Waals surface area (Å²) in [7, 11) is 0. The van der Waals surface area contributed by atoms with Crippen LogP contribution in [0.4, 0.5) is 18.9 Å². The lowest BCUT2D eigenvalue weighted by atomic mass is 10.0. The van der Waals surface area contributed by atoms with Crippen molar-refractivity contribution in [1.29, 1.82) is 0 Å². The number of aromatic nitrogens is 1. The minimum atomic E-state index is -4.55. The van der Waals surface area contributed by atoms with Crippen LogP contribution < -0.4 is 5.32 Å². The van der Waals surface area contributed by atoms with Crippen molar-refractivity contribution < 1.29 is 27.5 Å². The highest BCUT2D eigenvalue weighted by molar-refractivity contribution is 6.04. The molecule has 7 nitrogen and oxygen atoms in total. The fourth-order valence-electron chi connectivity index (χ4n) is 3.36. The van der Waals surface area contributed by atoms with E-state index in [0.717, 1.165) is 12.1 Å². The van der Waals surface area contributed by atoms with Crippen molar-refractivity contribution in [2.45, 2.75) is 20.0 Å². The van der Waals surface area contributed by atoms with Crippen LogP contribution in [0.1, 0.15) is 34.1 Å². The molecule has 0 bridgehead atoms. The molecule has 1 N–H and O–H groups in total. The summed E-state index contributed by atoms with van der Waals surface area (Å²) in [5.41, 5.74) is 1.20. The number of carbonyl (C=O) groups excluding carboxylic acids is 2. The second-order valence-corrected chi connectivity index (χ2v) is 7.39. The molecule has 1 aromatic heterocycles. The summed E-state index contributed by atoms with van der Waals surface area (Å²) in [6, 6.07) is 5.82. The largest absolute Gasteiger partial charge is 0.416 e.